The molecule has 1 saturated heterocycles. The first-order valence-electron chi connectivity index (χ1n) is 7.00. The van der Waals surface area contributed by atoms with E-state index >= 15 is 0 Å². The van der Waals surface area contributed by atoms with Crippen LogP contribution in [0.4, 0.5) is 4.79 Å². The number of carbonyl (C=O) groups is 1. The van der Waals surface area contributed by atoms with Crippen LogP contribution in [0, 0.1) is 5.92 Å². The summed E-state index contributed by atoms with van der Waals surface area (Å²) < 4.78 is 5.38. The molecular formula is C14H25NO3. The number of carbonyl (C=O) groups excluding carboxylic acids is 1. The second kappa shape index (κ2) is 4.72. The van der Waals surface area contributed by atoms with Crippen LogP contribution in [-0.2, 0) is 4.74 Å². The van der Waals surface area contributed by atoms with E-state index in [0.717, 1.165) is 25.7 Å². The molecule has 0 aromatic rings. The highest BCUT2D eigenvalue weighted by molar-refractivity contribution is 5.68. The highest BCUT2D eigenvalue weighted by atomic mass is 16.6. The van der Waals surface area contributed by atoms with Crippen LogP contribution in [0.1, 0.15) is 52.9 Å². The Hall–Kier alpha value is -0.770. The van der Waals surface area contributed by atoms with E-state index in [1.165, 1.54) is 6.42 Å². The fourth-order valence-corrected chi connectivity index (χ4v) is 3.12. The zero-order valence-corrected chi connectivity index (χ0v) is 11.7. The average Bonchev–Trinajstić information content (AvgIpc) is 2.25. The summed E-state index contributed by atoms with van der Waals surface area (Å²) >= 11 is 0. The Kier molecular flexibility index (Phi) is 3.58. The number of amides is 1. The number of nitrogens with zero attached hydrogens (tertiary/aromatic N) is 1. The summed E-state index contributed by atoms with van der Waals surface area (Å²) in [6.07, 6.45) is 4.79. The van der Waals surface area contributed by atoms with Crippen molar-refractivity contribution in [1.82, 2.24) is 4.90 Å². The van der Waals surface area contributed by atoms with Gasteiger partial charge in [0.25, 0.3) is 0 Å². The van der Waals surface area contributed by atoms with Gasteiger partial charge in [-0.3, -0.25) is 0 Å². The van der Waals surface area contributed by atoms with Gasteiger partial charge in [0.15, 0.2) is 0 Å². The summed E-state index contributed by atoms with van der Waals surface area (Å²) in [7, 11) is 0. The van der Waals surface area contributed by atoms with Crippen molar-refractivity contribution in [2.24, 2.45) is 5.92 Å². The van der Waals surface area contributed by atoms with Crippen molar-refractivity contribution in [2.75, 3.05) is 13.1 Å². The molecule has 2 atom stereocenters. The van der Waals surface area contributed by atoms with Gasteiger partial charge in [0.2, 0.25) is 0 Å². The van der Waals surface area contributed by atoms with E-state index in [4.69, 9.17) is 4.74 Å². The second-order valence-corrected chi connectivity index (χ2v) is 6.74. The third-order valence-electron chi connectivity index (χ3n) is 4.04. The summed E-state index contributed by atoms with van der Waals surface area (Å²) in [6, 6.07) is 0. The normalized spacial score (nSPS) is 32.9. The first-order chi connectivity index (χ1) is 8.30. The van der Waals surface area contributed by atoms with Crippen molar-refractivity contribution in [3.8, 4) is 0 Å². The summed E-state index contributed by atoms with van der Waals surface area (Å²) in [5.41, 5.74) is -1.14. The van der Waals surface area contributed by atoms with Gasteiger partial charge in [0.1, 0.15) is 5.60 Å². The van der Waals surface area contributed by atoms with Crippen LogP contribution < -0.4 is 0 Å². The van der Waals surface area contributed by atoms with E-state index in [9.17, 15) is 9.90 Å². The molecule has 0 spiro atoms. The van der Waals surface area contributed by atoms with Crippen molar-refractivity contribution in [3.63, 3.8) is 0 Å². The molecule has 1 saturated carbocycles. The highest BCUT2D eigenvalue weighted by Gasteiger charge is 2.44. The fourth-order valence-electron chi connectivity index (χ4n) is 3.12. The van der Waals surface area contributed by atoms with E-state index < -0.39 is 11.2 Å². The van der Waals surface area contributed by atoms with Crippen LogP contribution in [0.5, 0.6) is 0 Å². The smallest absolute Gasteiger partial charge is 0.410 e. The summed E-state index contributed by atoms with van der Waals surface area (Å²) in [6.45, 7) is 6.75. The minimum atomic E-state index is -0.673. The van der Waals surface area contributed by atoms with Crippen LogP contribution in [0.15, 0.2) is 0 Å². The number of ether oxygens (including phenoxy) is 1. The Morgan fingerprint density at radius 3 is 2.72 bits per heavy atom. The van der Waals surface area contributed by atoms with Gasteiger partial charge in [-0.1, -0.05) is 12.8 Å². The number of likely N-dealkylation sites (tertiary alicyclic amines) is 1. The summed E-state index contributed by atoms with van der Waals surface area (Å²) in [5.74, 6) is 0.366. The molecule has 1 amide bonds. The molecule has 104 valence electrons. The predicted octanol–water partition coefficient (Wildman–Crippen LogP) is 2.55. The highest BCUT2D eigenvalue weighted by Crippen LogP contribution is 2.39. The number of rotatable bonds is 0. The number of aliphatic hydroxyl groups is 1. The van der Waals surface area contributed by atoms with Crippen LogP contribution in [0.2, 0.25) is 0 Å². The Bertz CT molecular complexity index is 323. The molecule has 0 aromatic carbocycles. The second-order valence-electron chi connectivity index (χ2n) is 6.74. The topological polar surface area (TPSA) is 49.8 Å². The number of hydrogen-bond acceptors (Lipinski definition) is 3. The molecule has 1 aliphatic heterocycles. The van der Waals surface area contributed by atoms with Crippen LogP contribution in [0.25, 0.3) is 0 Å². The molecule has 2 rings (SSSR count). The maximum Gasteiger partial charge on any atom is 0.410 e. The van der Waals surface area contributed by atoms with Crippen molar-refractivity contribution in [2.45, 2.75) is 64.1 Å². The van der Waals surface area contributed by atoms with Crippen molar-refractivity contribution in [3.05, 3.63) is 0 Å². The predicted molar refractivity (Wildman–Crippen MR) is 69.3 cm³/mol. The van der Waals surface area contributed by atoms with E-state index in [1.54, 1.807) is 4.90 Å². The molecule has 0 unspecified atom stereocenters. The third kappa shape index (κ3) is 2.97. The molecule has 0 radical (unpaired) electrons. The average molecular weight is 255 g/mol. The Morgan fingerprint density at radius 2 is 2.06 bits per heavy atom. The molecule has 4 nitrogen and oxygen atoms in total. The van der Waals surface area contributed by atoms with Gasteiger partial charge in [0, 0.05) is 6.54 Å². The monoisotopic (exact) mass is 255 g/mol. The lowest BCUT2D eigenvalue weighted by molar-refractivity contribution is -0.0997. The van der Waals surface area contributed by atoms with E-state index in [-0.39, 0.29) is 6.09 Å². The van der Waals surface area contributed by atoms with Crippen molar-refractivity contribution in [1.29, 1.82) is 0 Å². The third-order valence-corrected chi connectivity index (χ3v) is 4.04. The summed E-state index contributed by atoms with van der Waals surface area (Å²) in [5, 5.41) is 10.7. The first-order valence-corrected chi connectivity index (χ1v) is 7.00. The van der Waals surface area contributed by atoms with Crippen molar-refractivity contribution >= 4 is 6.09 Å². The zero-order valence-electron chi connectivity index (χ0n) is 11.7. The Balaban J connectivity index is 1.98. The minimum absolute atomic E-state index is 0.292. The fraction of sp³-hybridized carbons (Fsp3) is 0.929. The maximum atomic E-state index is 12.0. The molecule has 2 aliphatic rings. The molecule has 0 aromatic heterocycles. The molecular weight excluding hydrogens is 230 g/mol. The maximum absolute atomic E-state index is 12.0. The molecule has 4 heteroatoms. The Labute approximate surface area is 109 Å². The van der Waals surface area contributed by atoms with Crippen LogP contribution in [-0.4, -0.2) is 40.4 Å². The lowest BCUT2D eigenvalue weighted by Crippen LogP contribution is -2.57. The van der Waals surface area contributed by atoms with Gasteiger partial charge < -0.3 is 14.7 Å². The quantitative estimate of drug-likeness (QED) is 0.723. The van der Waals surface area contributed by atoms with Gasteiger partial charge in [-0.05, 0) is 46.0 Å². The van der Waals surface area contributed by atoms with Gasteiger partial charge >= 0.3 is 6.09 Å². The largest absolute Gasteiger partial charge is 0.444 e. The molecule has 1 heterocycles. The van der Waals surface area contributed by atoms with E-state index in [2.05, 4.69) is 0 Å². The Morgan fingerprint density at radius 1 is 1.33 bits per heavy atom. The molecule has 1 N–H and O–H groups in total. The molecule has 18 heavy (non-hydrogen) atoms. The van der Waals surface area contributed by atoms with Gasteiger partial charge in [-0.15, -0.1) is 0 Å². The standard InChI is InChI=1S/C14H25NO3/c1-13(2,3)18-12(16)15-9-7-11-6-4-5-8-14(11,17)10-15/h11,17H,4-10H2,1-3H3/t11-,14+/m1/s1. The van der Waals surface area contributed by atoms with Crippen LogP contribution in [0.3, 0.4) is 0 Å². The number of β-amino-alcohol motifs (C(OH)–C–C–N with tert-alkyl or cyclic N) is 1. The molecule has 2 fully saturated rings. The number of hydrogen-bond donors (Lipinski definition) is 1. The number of fused-ring (bicyclic) bond motifs is 1. The zero-order chi connectivity index (χ0) is 13.4. The lowest BCUT2D eigenvalue weighted by Gasteiger charge is -2.47. The molecule has 1 aliphatic carbocycles. The van der Waals surface area contributed by atoms with Gasteiger partial charge in [-0.25, -0.2) is 4.79 Å². The van der Waals surface area contributed by atoms with Gasteiger partial charge in [-0.2, -0.15) is 0 Å². The van der Waals surface area contributed by atoms with Crippen molar-refractivity contribution < 1.29 is 14.6 Å². The minimum Gasteiger partial charge on any atom is -0.444 e. The van der Waals surface area contributed by atoms with E-state index in [1.807, 2.05) is 20.8 Å². The van der Waals surface area contributed by atoms with Gasteiger partial charge in [0.05, 0.1) is 12.1 Å². The van der Waals surface area contributed by atoms with E-state index in [0.29, 0.717) is 19.0 Å². The van der Waals surface area contributed by atoms with Crippen LogP contribution >= 0.6 is 0 Å². The molecule has 0 bridgehead atoms. The summed E-state index contributed by atoms with van der Waals surface area (Å²) in [4.78, 5) is 13.7. The lowest BCUT2D eigenvalue weighted by atomic mass is 9.71. The SMILES string of the molecule is CC(C)(C)OC(=O)N1CC[C@H]2CCCC[C@]2(O)C1. The first kappa shape index (κ1) is 13.7. The number of piperidine rings is 1.